The Morgan fingerprint density at radius 1 is 1.19 bits per heavy atom. The van der Waals surface area contributed by atoms with Gasteiger partial charge in [0.2, 0.25) is 0 Å². The van der Waals surface area contributed by atoms with Crippen molar-refractivity contribution in [3.63, 3.8) is 0 Å². The fourth-order valence-corrected chi connectivity index (χ4v) is 6.67. The highest BCUT2D eigenvalue weighted by Gasteiger charge is 2.64. The van der Waals surface area contributed by atoms with Crippen LogP contribution in [0, 0.1) is 17.8 Å². The summed E-state index contributed by atoms with van der Waals surface area (Å²) in [6, 6.07) is 5.11. The van der Waals surface area contributed by atoms with Crippen molar-refractivity contribution in [2.45, 2.75) is 49.7 Å². The zero-order valence-corrected chi connectivity index (χ0v) is 15.5. The smallest absolute Gasteiger partial charge is 0.329 e. The van der Waals surface area contributed by atoms with Gasteiger partial charge in [0.1, 0.15) is 5.75 Å². The van der Waals surface area contributed by atoms with Gasteiger partial charge in [0, 0.05) is 11.1 Å². The number of benzene rings is 1. The van der Waals surface area contributed by atoms with E-state index < -0.39 is 5.60 Å². The van der Waals surface area contributed by atoms with Gasteiger partial charge in [-0.15, -0.1) is 0 Å². The number of fused-ring (bicyclic) bond motifs is 2. The Morgan fingerprint density at radius 2 is 1.81 bits per heavy atom. The van der Waals surface area contributed by atoms with E-state index in [1.54, 1.807) is 19.2 Å². The van der Waals surface area contributed by atoms with E-state index in [2.05, 4.69) is 5.32 Å². The molecule has 1 atom stereocenters. The molecule has 3 amide bonds. The summed E-state index contributed by atoms with van der Waals surface area (Å²) >= 11 is 0. The molecule has 1 aromatic carbocycles. The number of hydrogen-bond acceptors (Lipinski definition) is 4. The molecule has 142 valence electrons. The Balaban J connectivity index is 1.32. The second-order valence-electron chi connectivity index (χ2n) is 9.27. The molecule has 2 heterocycles. The highest BCUT2D eigenvalue weighted by molar-refractivity contribution is 6.23. The molecule has 4 bridgehead atoms. The summed E-state index contributed by atoms with van der Waals surface area (Å²) in [4.78, 5) is 27.7. The molecular formula is C21H24N2O4. The quantitative estimate of drug-likeness (QED) is 0.815. The predicted octanol–water partition coefficient (Wildman–Crippen LogP) is 2.95. The fourth-order valence-electron chi connectivity index (χ4n) is 6.67. The maximum Gasteiger partial charge on any atom is 0.329 e. The van der Waals surface area contributed by atoms with Crippen molar-refractivity contribution in [3.05, 3.63) is 23.8 Å². The lowest BCUT2D eigenvalue weighted by atomic mass is 9.53. The van der Waals surface area contributed by atoms with Gasteiger partial charge >= 0.3 is 6.03 Å². The van der Waals surface area contributed by atoms with E-state index in [1.165, 1.54) is 24.2 Å². The van der Waals surface area contributed by atoms with Crippen molar-refractivity contribution in [3.8, 4) is 5.75 Å². The van der Waals surface area contributed by atoms with Gasteiger partial charge in [-0.3, -0.25) is 4.79 Å². The van der Waals surface area contributed by atoms with Crippen LogP contribution in [0.3, 0.4) is 0 Å². The number of nitrogens with one attached hydrogen (secondary N) is 1. The molecule has 0 aromatic heterocycles. The van der Waals surface area contributed by atoms with Crippen LogP contribution in [0.25, 0.3) is 0 Å². The third kappa shape index (κ3) is 2.10. The minimum atomic E-state index is -0.983. The molecular weight excluding hydrogens is 344 g/mol. The molecule has 1 spiro atoms. The third-order valence-corrected chi connectivity index (χ3v) is 7.47. The molecule has 2 aliphatic heterocycles. The number of nitrogens with zero attached hydrogens (tertiary/aromatic N) is 1. The van der Waals surface area contributed by atoms with Gasteiger partial charge in [0.15, 0.2) is 5.60 Å². The summed E-state index contributed by atoms with van der Waals surface area (Å²) in [7, 11) is 1.59. The summed E-state index contributed by atoms with van der Waals surface area (Å²) in [6.07, 6.45) is 7.13. The fraction of sp³-hybridized carbons (Fsp3) is 0.619. The molecule has 4 aliphatic carbocycles. The van der Waals surface area contributed by atoms with Crippen LogP contribution < -0.4 is 15.0 Å². The normalized spacial score (nSPS) is 40.4. The zero-order valence-electron chi connectivity index (χ0n) is 15.5. The number of rotatable bonds is 2. The Hall–Kier alpha value is -2.08. The van der Waals surface area contributed by atoms with Crippen LogP contribution in [0.1, 0.15) is 44.1 Å². The summed E-state index contributed by atoms with van der Waals surface area (Å²) in [6.45, 7) is 0.327. The molecule has 1 unspecified atom stereocenters. The van der Waals surface area contributed by atoms with Crippen molar-refractivity contribution in [2.75, 3.05) is 18.6 Å². The molecule has 7 rings (SSSR count). The number of carbonyl (C=O) groups excluding carboxylic acids is 2. The van der Waals surface area contributed by atoms with E-state index in [-0.39, 0.29) is 17.5 Å². The van der Waals surface area contributed by atoms with Crippen LogP contribution in [-0.2, 0) is 15.1 Å². The van der Waals surface area contributed by atoms with Crippen molar-refractivity contribution < 1.29 is 19.1 Å². The Kier molecular flexibility index (Phi) is 2.97. The van der Waals surface area contributed by atoms with Crippen LogP contribution in [-0.4, -0.2) is 31.2 Å². The first-order chi connectivity index (χ1) is 13.0. The van der Waals surface area contributed by atoms with Crippen LogP contribution >= 0.6 is 0 Å². The van der Waals surface area contributed by atoms with E-state index in [4.69, 9.17) is 9.47 Å². The standard InChI is InChI=1S/C21H24N2O4/c1-26-15-2-3-17-16(7-15)21(11-27-21)18(24)23(17)19(25)22-20-8-12-4-13(9-20)6-14(5-12)10-20/h2-3,7,12-14H,4-6,8-11H2,1H3,(H,22,25). The van der Waals surface area contributed by atoms with Gasteiger partial charge in [-0.05, 0) is 74.5 Å². The van der Waals surface area contributed by atoms with Crippen LogP contribution in [0.5, 0.6) is 5.75 Å². The first kappa shape index (κ1) is 15.9. The first-order valence-electron chi connectivity index (χ1n) is 10.0. The summed E-state index contributed by atoms with van der Waals surface area (Å²) in [5.41, 5.74) is 0.259. The minimum Gasteiger partial charge on any atom is -0.497 e. The van der Waals surface area contributed by atoms with Crippen molar-refractivity contribution in [1.82, 2.24) is 5.32 Å². The lowest BCUT2D eigenvalue weighted by Crippen LogP contribution is -2.62. The maximum atomic E-state index is 13.3. The van der Waals surface area contributed by atoms with Crippen molar-refractivity contribution in [2.24, 2.45) is 17.8 Å². The third-order valence-electron chi connectivity index (χ3n) is 7.47. The van der Waals surface area contributed by atoms with E-state index >= 15 is 0 Å². The molecule has 0 radical (unpaired) electrons. The van der Waals surface area contributed by atoms with E-state index in [0.717, 1.165) is 42.6 Å². The summed E-state index contributed by atoms with van der Waals surface area (Å²) in [5, 5.41) is 3.31. The maximum absolute atomic E-state index is 13.3. The number of anilines is 1. The minimum absolute atomic E-state index is 0.126. The molecule has 6 heteroatoms. The van der Waals surface area contributed by atoms with E-state index in [0.29, 0.717) is 18.0 Å². The lowest BCUT2D eigenvalue weighted by Gasteiger charge is -2.57. The number of amides is 3. The average molecular weight is 368 g/mol. The number of hydrogen-bond donors (Lipinski definition) is 1. The second-order valence-corrected chi connectivity index (χ2v) is 9.27. The Labute approximate surface area is 158 Å². The number of methoxy groups -OCH3 is 1. The molecule has 6 aliphatic rings. The monoisotopic (exact) mass is 368 g/mol. The summed E-state index contributed by atoms with van der Waals surface area (Å²) in [5.74, 6) is 2.61. The largest absolute Gasteiger partial charge is 0.497 e. The number of ether oxygens (including phenoxy) is 2. The van der Waals surface area contributed by atoms with Crippen LogP contribution in [0.2, 0.25) is 0 Å². The van der Waals surface area contributed by atoms with E-state index in [1.807, 2.05) is 6.07 Å². The van der Waals surface area contributed by atoms with Gasteiger partial charge in [-0.1, -0.05) is 0 Å². The highest BCUT2D eigenvalue weighted by atomic mass is 16.6. The first-order valence-corrected chi connectivity index (χ1v) is 10.0. The number of epoxide rings is 1. The van der Waals surface area contributed by atoms with Crippen molar-refractivity contribution >= 4 is 17.6 Å². The summed E-state index contributed by atoms with van der Waals surface area (Å²) < 4.78 is 10.8. The molecule has 6 nitrogen and oxygen atoms in total. The van der Waals surface area contributed by atoms with Gasteiger partial charge in [-0.25, -0.2) is 9.69 Å². The van der Waals surface area contributed by atoms with Crippen LogP contribution in [0.15, 0.2) is 18.2 Å². The average Bonchev–Trinajstić information content (AvgIpc) is 3.37. The topological polar surface area (TPSA) is 71.2 Å². The van der Waals surface area contributed by atoms with Crippen LogP contribution in [0.4, 0.5) is 10.5 Å². The molecule has 4 saturated carbocycles. The molecule has 1 N–H and O–H groups in total. The number of urea groups is 1. The number of imide groups is 1. The van der Waals surface area contributed by atoms with Gasteiger partial charge in [0.05, 0.1) is 19.4 Å². The molecule has 1 saturated heterocycles. The van der Waals surface area contributed by atoms with Gasteiger partial charge < -0.3 is 14.8 Å². The molecule has 27 heavy (non-hydrogen) atoms. The van der Waals surface area contributed by atoms with Gasteiger partial charge in [-0.2, -0.15) is 0 Å². The molecule has 1 aromatic rings. The Morgan fingerprint density at radius 3 is 2.37 bits per heavy atom. The lowest BCUT2D eigenvalue weighted by molar-refractivity contribution is -0.122. The second kappa shape index (κ2) is 5.04. The van der Waals surface area contributed by atoms with Crippen molar-refractivity contribution in [1.29, 1.82) is 0 Å². The zero-order chi connectivity index (χ0) is 18.4. The highest BCUT2D eigenvalue weighted by Crippen LogP contribution is 2.56. The SMILES string of the molecule is COc1ccc2c(c1)C1(CO1)C(=O)N2C(=O)NC12CC3CC(CC(C3)C1)C2. The Bertz CT molecular complexity index is 824. The number of carbonyl (C=O) groups is 2. The van der Waals surface area contributed by atoms with E-state index in [9.17, 15) is 9.59 Å². The van der Waals surface area contributed by atoms with Gasteiger partial charge in [0.25, 0.3) is 5.91 Å². The molecule has 5 fully saturated rings. The predicted molar refractivity (Wildman–Crippen MR) is 97.5 cm³/mol.